The summed E-state index contributed by atoms with van der Waals surface area (Å²) < 4.78 is 17.3. The van der Waals surface area contributed by atoms with Gasteiger partial charge in [0.05, 0.1) is 0 Å². The fourth-order valence-electron chi connectivity index (χ4n) is 10.8. The third kappa shape index (κ3) is 10.6. The molecule has 0 saturated carbocycles. The van der Waals surface area contributed by atoms with Crippen LogP contribution in [0.2, 0.25) is 0 Å². The normalized spacial score (nSPS) is 13.1. The second kappa shape index (κ2) is 18.8. The van der Waals surface area contributed by atoms with Crippen LogP contribution in [0.15, 0.2) is 243 Å². The summed E-state index contributed by atoms with van der Waals surface area (Å²) in [5, 5.41) is 0. The first-order chi connectivity index (χ1) is 29.0. The van der Waals surface area contributed by atoms with Gasteiger partial charge >= 0.3 is 360 Å². The Labute approximate surface area is 356 Å². The average Bonchev–Trinajstić information content (AvgIpc) is 3.26. The van der Waals surface area contributed by atoms with Crippen molar-refractivity contribution in [2.75, 3.05) is 0 Å². The van der Waals surface area contributed by atoms with Gasteiger partial charge < -0.3 is 0 Å². The van der Waals surface area contributed by atoms with E-state index in [1.54, 1.807) is 0 Å². The third-order valence-electron chi connectivity index (χ3n) is 12.5. The van der Waals surface area contributed by atoms with E-state index in [9.17, 15) is 0.889 Å². The molecule has 0 aliphatic carbocycles. The van der Waals surface area contributed by atoms with Crippen LogP contribution in [0, 0.1) is 0 Å². The fraction of sp³-hybridized carbons (Fsp3) is 0.143. The molecule has 0 aliphatic heterocycles. The van der Waals surface area contributed by atoms with Crippen LogP contribution in [0.4, 0.5) is 0 Å². The molecule has 8 aromatic carbocycles. The van der Waals surface area contributed by atoms with E-state index in [0.29, 0.717) is 0 Å². The van der Waals surface area contributed by atoms with E-state index in [4.69, 9.17) is 0 Å². The van der Waals surface area contributed by atoms with E-state index in [0.717, 1.165) is 33.0 Å². The molecule has 59 heavy (non-hydrogen) atoms. The predicted molar refractivity (Wildman–Crippen MR) is 242 cm³/mol. The summed E-state index contributed by atoms with van der Waals surface area (Å²) in [6.45, 7) is 0. The van der Waals surface area contributed by atoms with Gasteiger partial charge in [-0.05, 0) is 0 Å². The van der Waals surface area contributed by atoms with E-state index in [-0.39, 0.29) is 0 Å². The molecule has 294 valence electrons. The minimum absolute atomic E-state index is 0.956. The molecule has 0 fully saturated rings. The SMILES string of the molecule is c1ccc([CH2][Zr]([CH2]c2ccccc2)([CH2]c2ccccc2)([CH2]c2ccccc2)[O][Zr]([CH2]c2ccccc2)([CH2]c2ccccc2)([CH2]c2ccccc2)[CH2]c2ccccc2)cc1. The first kappa shape index (κ1) is 41.2. The zero-order valence-electron chi connectivity index (χ0n) is 34.2. The van der Waals surface area contributed by atoms with Crippen molar-refractivity contribution in [2.45, 2.75) is 33.0 Å². The van der Waals surface area contributed by atoms with Crippen LogP contribution in [0.1, 0.15) is 44.5 Å². The molecule has 1 nitrogen and oxygen atoms in total. The van der Waals surface area contributed by atoms with Crippen LogP contribution in [-0.4, -0.2) is 0 Å². The van der Waals surface area contributed by atoms with Crippen molar-refractivity contribution in [1.82, 2.24) is 0 Å². The van der Waals surface area contributed by atoms with Gasteiger partial charge in [0.1, 0.15) is 0 Å². The summed E-state index contributed by atoms with van der Waals surface area (Å²) in [6.07, 6.45) is 0. The summed E-state index contributed by atoms with van der Waals surface area (Å²) >= 11 is -10.1. The fourth-order valence-corrected chi connectivity index (χ4v) is 77.0. The predicted octanol–water partition coefficient (Wildman–Crippen LogP) is 13.8. The Bertz CT molecular complexity index is 1930. The molecule has 0 N–H and O–H groups in total. The molecule has 0 radical (unpaired) electrons. The standard InChI is InChI=1S/8C7H7.O.2Zr/c8*1-7-5-3-2-4-6-7;;;/h8*2-6H,1H2;;;. The summed E-state index contributed by atoms with van der Waals surface area (Å²) in [5.74, 6) is 0. The molecule has 0 heterocycles. The van der Waals surface area contributed by atoms with Crippen LogP contribution in [0.25, 0.3) is 0 Å². The average molecular weight is 928 g/mol. The van der Waals surface area contributed by atoms with Crippen LogP contribution < -0.4 is 0 Å². The molecule has 0 amide bonds. The van der Waals surface area contributed by atoms with E-state index in [1.807, 2.05) is 0 Å². The van der Waals surface area contributed by atoms with Crippen molar-refractivity contribution in [3.8, 4) is 0 Å². The third-order valence-corrected chi connectivity index (χ3v) is 57.8. The molecule has 8 rings (SSSR count). The summed E-state index contributed by atoms with van der Waals surface area (Å²) in [4.78, 5) is 0. The number of rotatable bonds is 18. The quantitative estimate of drug-likeness (QED) is 0.0833. The second-order valence-electron chi connectivity index (χ2n) is 17.6. The molecule has 0 bridgehead atoms. The zero-order valence-corrected chi connectivity index (χ0v) is 39.1. The van der Waals surface area contributed by atoms with Crippen molar-refractivity contribution >= 4 is 0 Å². The maximum absolute atomic E-state index is 9.65. The van der Waals surface area contributed by atoms with Crippen LogP contribution in [0.3, 0.4) is 0 Å². The molecule has 0 atom stereocenters. The summed E-state index contributed by atoms with van der Waals surface area (Å²) in [5.41, 5.74) is 11.1. The number of hydrogen-bond acceptors (Lipinski definition) is 1. The number of benzene rings is 8. The molecular formula is C56H56OZr2. The van der Waals surface area contributed by atoms with Crippen LogP contribution >= 0.6 is 0 Å². The van der Waals surface area contributed by atoms with Crippen molar-refractivity contribution in [1.29, 1.82) is 0 Å². The Kier molecular flexibility index (Phi) is 13.2. The van der Waals surface area contributed by atoms with E-state index in [2.05, 4.69) is 243 Å². The maximum atomic E-state index is 9.65. The zero-order chi connectivity index (χ0) is 40.2. The Morgan fingerprint density at radius 2 is 0.305 bits per heavy atom. The van der Waals surface area contributed by atoms with Gasteiger partial charge in [-0.1, -0.05) is 0 Å². The van der Waals surface area contributed by atoms with Gasteiger partial charge in [0, 0.05) is 0 Å². The molecule has 0 saturated heterocycles. The van der Waals surface area contributed by atoms with Gasteiger partial charge in [-0.3, -0.25) is 0 Å². The first-order valence-electron chi connectivity index (χ1n) is 21.4. The van der Waals surface area contributed by atoms with Gasteiger partial charge in [-0.2, -0.15) is 0 Å². The second-order valence-corrected chi connectivity index (χ2v) is 48.4. The van der Waals surface area contributed by atoms with Crippen molar-refractivity contribution in [2.24, 2.45) is 0 Å². The van der Waals surface area contributed by atoms with Gasteiger partial charge in [0.25, 0.3) is 0 Å². The summed E-state index contributed by atoms with van der Waals surface area (Å²) in [7, 11) is 0. The molecule has 8 aromatic rings. The molecule has 3 heteroatoms. The Balaban J connectivity index is 1.53. The molecule has 0 aliphatic rings. The Hall–Kier alpha value is -4.51. The van der Waals surface area contributed by atoms with Gasteiger partial charge in [0.15, 0.2) is 0 Å². The van der Waals surface area contributed by atoms with Crippen molar-refractivity contribution in [3.05, 3.63) is 287 Å². The van der Waals surface area contributed by atoms with Gasteiger partial charge in [-0.25, -0.2) is 0 Å². The van der Waals surface area contributed by atoms with E-state index < -0.39 is 38.4 Å². The molecule has 0 unspecified atom stereocenters. The van der Waals surface area contributed by atoms with Crippen molar-refractivity contribution < 1.29 is 39.3 Å². The molecule has 0 spiro atoms. The van der Waals surface area contributed by atoms with Crippen LogP contribution in [-0.2, 0) is 72.4 Å². The van der Waals surface area contributed by atoms with E-state index >= 15 is 0 Å². The van der Waals surface area contributed by atoms with Crippen molar-refractivity contribution in [3.63, 3.8) is 0 Å². The first-order valence-corrected chi connectivity index (χ1v) is 37.3. The van der Waals surface area contributed by atoms with Gasteiger partial charge in [0.2, 0.25) is 0 Å². The minimum atomic E-state index is -5.05. The summed E-state index contributed by atoms with van der Waals surface area (Å²) in [6, 6.07) is 91.2. The van der Waals surface area contributed by atoms with Gasteiger partial charge in [-0.15, -0.1) is 0 Å². The molecular weight excluding hydrogens is 871 g/mol. The topological polar surface area (TPSA) is 9.23 Å². The van der Waals surface area contributed by atoms with Crippen LogP contribution in [0.5, 0.6) is 0 Å². The van der Waals surface area contributed by atoms with E-state index in [1.165, 1.54) is 44.5 Å². The number of hydrogen-bond donors (Lipinski definition) is 0. The Morgan fingerprint density at radius 3 is 0.424 bits per heavy atom. The Morgan fingerprint density at radius 1 is 0.186 bits per heavy atom. The molecule has 0 aromatic heterocycles. The monoisotopic (exact) mass is 924 g/mol.